The molecule has 3 aliphatic rings. The first kappa shape index (κ1) is 16.3. The Labute approximate surface area is 149 Å². The van der Waals surface area contributed by atoms with Crippen molar-refractivity contribution >= 4 is 34.1 Å². The molecule has 1 saturated carbocycles. The number of carbonyl (C=O) groups excluding carboxylic acids is 2. The zero-order valence-corrected chi connectivity index (χ0v) is 14.5. The van der Waals surface area contributed by atoms with Crippen LogP contribution in [0.15, 0.2) is 12.2 Å². The van der Waals surface area contributed by atoms with E-state index in [4.69, 9.17) is 5.73 Å². The van der Waals surface area contributed by atoms with E-state index in [9.17, 15) is 19.5 Å². The van der Waals surface area contributed by atoms with Crippen molar-refractivity contribution < 1.29 is 19.5 Å². The van der Waals surface area contributed by atoms with Gasteiger partial charge >= 0.3 is 5.97 Å². The molecule has 3 aliphatic carbocycles. The Balaban J connectivity index is 1.63. The fourth-order valence-electron chi connectivity index (χ4n) is 4.63. The van der Waals surface area contributed by atoms with Crippen LogP contribution in [0.1, 0.15) is 40.1 Å². The number of fused-ring (bicyclic) bond motifs is 3. The van der Waals surface area contributed by atoms with Crippen molar-refractivity contribution in [3.63, 3.8) is 0 Å². The van der Waals surface area contributed by atoms with Crippen LogP contribution >= 0.6 is 11.3 Å². The minimum Gasteiger partial charge on any atom is -0.481 e. The molecule has 7 heteroatoms. The fourth-order valence-corrected chi connectivity index (χ4v) is 5.92. The van der Waals surface area contributed by atoms with Gasteiger partial charge in [-0.05, 0) is 49.5 Å². The summed E-state index contributed by atoms with van der Waals surface area (Å²) in [6, 6.07) is 0. The number of primary amides is 1. The SMILES string of the molecule is NC(=O)c1c(NC(=O)[C@H]2[C@@H](C(=O)O)[C@@H]3C=C[C@@H]2C3)sc2c1CCCC2. The average Bonchev–Trinajstić information content (AvgIpc) is 3.25. The monoisotopic (exact) mass is 360 g/mol. The quantitative estimate of drug-likeness (QED) is 0.715. The summed E-state index contributed by atoms with van der Waals surface area (Å²) < 4.78 is 0. The summed E-state index contributed by atoms with van der Waals surface area (Å²) in [5.74, 6) is -3.18. The lowest BCUT2D eigenvalue weighted by Crippen LogP contribution is -2.36. The fraction of sp³-hybridized carbons (Fsp3) is 0.500. The Morgan fingerprint density at radius 2 is 1.80 bits per heavy atom. The topological polar surface area (TPSA) is 109 Å². The van der Waals surface area contributed by atoms with Gasteiger partial charge in [-0.2, -0.15) is 0 Å². The van der Waals surface area contributed by atoms with Crippen LogP contribution < -0.4 is 11.1 Å². The number of aliphatic carboxylic acids is 1. The molecule has 0 unspecified atom stereocenters. The molecule has 0 aliphatic heterocycles. The Morgan fingerprint density at radius 1 is 1.12 bits per heavy atom. The number of carbonyl (C=O) groups is 3. The molecular weight excluding hydrogens is 340 g/mol. The van der Waals surface area contributed by atoms with Crippen LogP contribution in [-0.2, 0) is 22.4 Å². The number of allylic oxidation sites excluding steroid dienone is 2. The Hall–Kier alpha value is -2.15. The molecular formula is C18H20N2O4S. The lowest BCUT2D eigenvalue weighted by molar-refractivity contribution is -0.146. The minimum absolute atomic E-state index is 0.0438. The molecule has 2 bridgehead atoms. The number of hydrogen-bond donors (Lipinski definition) is 3. The normalized spacial score (nSPS) is 29.4. The third-order valence-corrected chi connectivity index (χ3v) is 6.91. The Bertz CT molecular complexity index is 797. The second kappa shape index (κ2) is 5.98. The predicted molar refractivity (Wildman–Crippen MR) is 93.5 cm³/mol. The molecule has 4 N–H and O–H groups in total. The molecule has 0 spiro atoms. The smallest absolute Gasteiger partial charge is 0.307 e. The van der Waals surface area contributed by atoms with Crippen LogP contribution in [0.2, 0.25) is 0 Å². The number of carboxylic acids is 1. The van der Waals surface area contributed by atoms with Gasteiger partial charge in [0.1, 0.15) is 5.00 Å². The van der Waals surface area contributed by atoms with Crippen LogP contribution in [0.5, 0.6) is 0 Å². The van der Waals surface area contributed by atoms with Crippen LogP contribution in [0.4, 0.5) is 5.00 Å². The first-order valence-electron chi connectivity index (χ1n) is 8.63. The zero-order chi connectivity index (χ0) is 17.7. The summed E-state index contributed by atoms with van der Waals surface area (Å²) in [4.78, 5) is 37.5. The van der Waals surface area contributed by atoms with E-state index in [0.717, 1.165) is 36.1 Å². The summed E-state index contributed by atoms with van der Waals surface area (Å²) in [5.41, 5.74) is 6.93. The highest BCUT2D eigenvalue weighted by molar-refractivity contribution is 7.17. The maximum absolute atomic E-state index is 12.9. The molecule has 1 heterocycles. The molecule has 1 aromatic heterocycles. The van der Waals surface area contributed by atoms with E-state index in [1.807, 2.05) is 12.2 Å². The second-order valence-electron chi connectivity index (χ2n) is 7.11. The summed E-state index contributed by atoms with van der Waals surface area (Å²) in [7, 11) is 0. The number of hydrogen-bond acceptors (Lipinski definition) is 4. The molecule has 4 atom stereocenters. The van der Waals surface area contributed by atoms with Gasteiger partial charge in [0.15, 0.2) is 0 Å². The van der Waals surface area contributed by atoms with E-state index in [-0.39, 0.29) is 17.7 Å². The number of amides is 2. The molecule has 1 fully saturated rings. The molecule has 6 nitrogen and oxygen atoms in total. The van der Waals surface area contributed by atoms with Crippen LogP contribution in [-0.4, -0.2) is 22.9 Å². The van der Waals surface area contributed by atoms with Crippen LogP contribution in [0.3, 0.4) is 0 Å². The van der Waals surface area contributed by atoms with E-state index in [0.29, 0.717) is 17.0 Å². The van der Waals surface area contributed by atoms with E-state index < -0.39 is 23.7 Å². The molecule has 132 valence electrons. The van der Waals surface area contributed by atoms with Crippen molar-refractivity contribution in [2.24, 2.45) is 29.4 Å². The van der Waals surface area contributed by atoms with Gasteiger partial charge < -0.3 is 16.2 Å². The lowest BCUT2D eigenvalue weighted by Gasteiger charge is -2.23. The molecule has 0 aromatic carbocycles. The summed E-state index contributed by atoms with van der Waals surface area (Å²) in [6.45, 7) is 0. The summed E-state index contributed by atoms with van der Waals surface area (Å²) in [5, 5.41) is 12.8. The first-order valence-corrected chi connectivity index (χ1v) is 9.45. The highest BCUT2D eigenvalue weighted by Crippen LogP contribution is 2.49. The molecule has 0 radical (unpaired) electrons. The van der Waals surface area contributed by atoms with Gasteiger partial charge in [-0.25, -0.2) is 0 Å². The summed E-state index contributed by atoms with van der Waals surface area (Å²) in [6.07, 6.45) is 8.33. The van der Waals surface area contributed by atoms with Crippen molar-refractivity contribution in [3.05, 3.63) is 28.2 Å². The van der Waals surface area contributed by atoms with E-state index in [1.165, 1.54) is 11.3 Å². The zero-order valence-electron chi connectivity index (χ0n) is 13.7. The van der Waals surface area contributed by atoms with Gasteiger partial charge in [0.2, 0.25) is 5.91 Å². The number of aryl methyl sites for hydroxylation is 1. The minimum atomic E-state index is -0.933. The van der Waals surface area contributed by atoms with Crippen molar-refractivity contribution in [1.82, 2.24) is 0 Å². The number of nitrogens with two attached hydrogens (primary N) is 1. The van der Waals surface area contributed by atoms with Gasteiger partial charge in [-0.1, -0.05) is 12.2 Å². The predicted octanol–water partition coefficient (Wildman–Crippen LogP) is 2.19. The van der Waals surface area contributed by atoms with Gasteiger partial charge in [0, 0.05) is 4.88 Å². The number of anilines is 1. The lowest BCUT2D eigenvalue weighted by atomic mass is 9.82. The van der Waals surface area contributed by atoms with Crippen molar-refractivity contribution in [3.8, 4) is 0 Å². The Kier molecular flexibility index (Phi) is 3.91. The van der Waals surface area contributed by atoms with Crippen LogP contribution in [0, 0.1) is 23.7 Å². The number of rotatable bonds is 4. The van der Waals surface area contributed by atoms with E-state index >= 15 is 0 Å². The molecule has 2 amide bonds. The second-order valence-corrected chi connectivity index (χ2v) is 8.21. The summed E-state index contributed by atoms with van der Waals surface area (Å²) >= 11 is 1.41. The van der Waals surface area contributed by atoms with Gasteiger partial charge in [0.25, 0.3) is 5.91 Å². The highest BCUT2D eigenvalue weighted by Gasteiger charge is 2.51. The number of carboxylic acid groups (broad SMARTS) is 1. The van der Waals surface area contributed by atoms with Crippen molar-refractivity contribution in [2.45, 2.75) is 32.1 Å². The van der Waals surface area contributed by atoms with Gasteiger partial charge in [-0.15, -0.1) is 11.3 Å². The van der Waals surface area contributed by atoms with Crippen molar-refractivity contribution in [2.75, 3.05) is 5.32 Å². The maximum Gasteiger partial charge on any atom is 0.307 e. The van der Waals surface area contributed by atoms with Gasteiger partial charge in [-0.3, -0.25) is 14.4 Å². The van der Waals surface area contributed by atoms with E-state index in [2.05, 4.69) is 5.32 Å². The molecule has 25 heavy (non-hydrogen) atoms. The largest absolute Gasteiger partial charge is 0.481 e. The molecule has 1 aromatic rings. The van der Waals surface area contributed by atoms with Crippen molar-refractivity contribution in [1.29, 1.82) is 0 Å². The molecule has 0 saturated heterocycles. The van der Waals surface area contributed by atoms with Gasteiger partial charge in [0.05, 0.1) is 17.4 Å². The van der Waals surface area contributed by atoms with Crippen LogP contribution in [0.25, 0.3) is 0 Å². The highest BCUT2D eigenvalue weighted by atomic mass is 32.1. The van der Waals surface area contributed by atoms with E-state index in [1.54, 1.807) is 0 Å². The first-order chi connectivity index (χ1) is 12.0. The third-order valence-electron chi connectivity index (χ3n) is 5.70. The maximum atomic E-state index is 12.9. The number of nitrogens with one attached hydrogen (secondary N) is 1. The average molecular weight is 360 g/mol. The molecule has 4 rings (SSSR count). The number of thiophene rings is 1. The standard InChI is InChI=1S/C18H20N2O4S/c19-15(21)14-10-3-1-2-4-11(10)25-17(14)20-16(22)12-8-5-6-9(7-8)13(12)18(23)24/h5-6,8-9,12-13H,1-4,7H2,(H2,19,21)(H,20,22)(H,23,24)/t8-,9-,12-,13+/m1/s1. The Morgan fingerprint density at radius 3 is 2.48 bits per heavy atom. The third kappa shape index (κ3) is 2.57.